The maximum atomic E-state index is 14.4. The lowest BCUT2D eigenvalue weighted by Crippen LogP contribution is -2.23. The molecule has 1 aromatic rings. The summed E-state index contributed by atoms with van der Waals surface area (Å²) < 4.78 is 14.4. The van der Waals surface area contributed by atoms with Gasteiger partial charge < -0.3 is 10.2 Å². The molecule has 112 valence electrons. The third kappa shape index (κ3) is 3.32. The van der Waals surface area contributed by atoms with Gasteiger partial charge in [-0.2, -0.15) is 0 Å². The standard InChI is InChI=1S/C17H27FN2/c1-5-19-13(4)14-6-7-17(16(18)10-14)20-9-8-15(11-20)12(2)3/h6-7,10,12-13,15,19H,5,8-9,11H2,1-4H3. The van der Waals surface area contributed by atoms with Gasteiger partial charge in [0.15, 0.2) is 0 Å². The van der Waals surface area contributed by atoms with Gasteiger partial charge in [-0.3, -0.25) is 0 Å². The zero-order valence-electron chi connectivity index (χ0n) is 13.1. The Morgan fingerprint density at radius 1 is 1.35 bits per heavy atom. The molecular formula is C17H27FN2. The van der Waals surface area contributed by atoms with Gasteiger partial charge in [0.25, 0.3) is 0 Å². The summed E-state index contributed by atoms with van der Waals surface area (Å²) in [6.45, 7) is 11.5. The van der Waals surface area contributed by atoms with E-state index in [0.717, 1.165) is 30.9 Å². The number of rotatable bonds is 5. The van der Waals surface area contributed by atoms with Gasteiger partial charge in [0.05, 0.1) is 5.69 Å². The summed E-state index contributed by atoms with van der Waals surface area (Å²) in [7, 11) is 0. The lowest BCUT2D eigenvalue weighted by molar-refractivity contribution is 0.422. The molecule has 20 heavy (non-hydrogen) atoms. The molecule has 1 aromatic carbocycles. The van der Waals surface area contributed by atoms with Gasteiger partial charge in [-0.1, -0.05) is 26.8 Å². The van der Waals surface area contributed by atoms with E-state index in [-0.39, 0.29) is 11.9 Å². The van der Waals surface area contributed by atoms with Gasteiger partial charge >= 0.3 is 0 Å². The Hall–Kier alpha value is -1.09. The minimum Gasteiger partial charge on any atom is -0.369 e. The lowest BCUT2D eigenvalue weighted by atomic mass is 9.95. The van der Waals surface area contributed by atoms with Crippen LogP contribution in [0.3, 0.4) is 0 Å². The van der Waals surface area contributed by atoms with Crippen LogP contribution in [0.1, 0.15) is 45.7 Å². The average molecular weight is 278 g/mol. The summed E-state index contributed by atoms with van der Waals surface area (Å²) in [5, 5.41) is 3.32. The first-order valence-corrected chi connectivity index (χ1v) is 7.80. The molecule has 2 unspecified atom stereocenters. The van der Waals surface area contributed by atoms with E-state index >= 15 is 0 Å². The molecule has 0 spiro atoms. The molecule has 1 saturated heterocycles. The van der Waals surface area contributed by atoms with Gasteiger partial charge in [-0.05, 0) is 49.4 Å². The van der Waals surface area contributed by atoms with Crippen molar-refractivity contribution in [3.63, 3.8) is 0 Å². The maximum Gasteiger partial charge on any atom is 0.146 e. The Morgan fingerprint density at radius 2 is 2.10 bits per heavy atom. The molecule has 1 heterocycles. The normalized spacial score (nSPS) is 20.7. The first kappa shape index (κ1) is 15.3. The fourth-order valence-corrected chi connectivity index (χ4v) is 3.02. The van der Waals surface area contributed by atoms with E-state index in [2.05, 4.69) is 44.0 Å². The number of anilines is 1. The maximum absolute atomic E-state index is 14.4. The molecular weight excluding hydrogens is 251 g/mol. The second-order valence-electron chi connectivity index (χ2n) is 6.23. The minimum absolute atomic E-state index is 0.0864. The van der Waals surface area contributed by atoms with E-state index in [9.17, 15) is 4.39 Å². The molecule has 0 saturated carbocycles. The molecule has 2 nitrogen and oxygen atoms in total. The van der Waals surface area contributed by atoms with E-state index in [1.165, 1.54) is 6.42 Å². The summed E-state index contributed by atoms with van der Waals surface area (Å²) in [5.41, 5.74) is 1.79. The molecule has 2 rings (SSSR count). The molecule has 0 aromatic heterocycles. The lowest BCUT2D eigenvalue weighted by Gasteiger charge is -2.22. The van der Waals surface area contributed by atoms with Crippen molar-refractivity contribution in [1.82, 2.24) is 5.32 Å². The fraction of sp³-hybridized carbons (Fsp3) is 0.647. The van der Waals surface area contributed by atoms with Crippen LogP contribution >= 0.6 is 0 Å². The number of hydrogen-bond donors (Lipinski definition) is 1. The number of benzene rings is 1. The summed E-state index contributed by atoms with van der Waals surface area (Å²) in [6.07, 6.45) is 1.17. The van der Waals surface area contributed by atoms with Crippen molar-refractivity contribution in [2.45, 2.75) is 40.2 Å². The van der Waals surface area contributed by atoms with E-state index in [1.54, 1.807) is 6.07 Å². The van der Waals surface area contributed by atoms with Crippen LogP contribution in [-0.2, 0) is 0 Å². The highest BCUT2D eigenvalue weighted by Crippen LogP contribution is 2.31. The van der Waals surface area contributed by atoms with Crippen LogP contribution in [0, 0.1) is 17.7 Å². The van der Waals surface area contributed by atoms with Gasteiger partial charge in [0.1, 0.15) is 5.82 Å². The Balaban J connectivity index is 2.10. The van der Waals surface area contributed by atoms with Crippen LogP contribution in [0.5, 0.6) is 0 Å². The molecule has 1 fully saturated rings. The molecule has 2 atom stereocenters. The smallest absolute Gasteiger partial charge is 0.146 e. The number of hydrogen-bond acceptors (Lipinski definition) is 2. The summed E-state index contributed by atoms with van der Waals surface area (Å²) in [6, 6.07) is 5.88. The van der Waals surface area contributed by atoms with Crippen molar-refractivity contribution >= 4 is 5.69 Å². The third-order valence-electron chi connectivity index (χ3n) is 4.49. The minimum atomic E-state index is -0.0864. The summed E-state index contributed by atoms with van der Waals surface area (Å²) in [4.78, 5) is 2.20. The highest BCUT2D eigenvalue weighted by Gasteiger charge is 2.26. The van der Waals surface area contributed by atoms with Crippen LogP contribution in [0.2, 0.25) is 0 Å². The number of halogens is 1. The molecule has 1 N–H and O–H groups in total. The second-order valence-corrected chi connectivity index (χ2v) is 6.23. The SMILES string of the molecule is CCNC(C)c1ccc(N2CCC(C(C)C)C2)c(F)c1. The Labute approximate surface area is 122 Å². The number of nitrogens with one attached hydrogen (secondary N) is 1. The van der Waals surface area contributed by atoms with E-state index in [4.69, 9.17) is 0 Å². The molecule has 0 radical (unpaired) electrons. The number of nitrogens with zero attached hydrogens (tertiary/aromatic N) is 1. The monoisotopic (exact) mass is 278 g/mol. The van der Waals surface area contributed by atoms with Crippen molar-refractivity contribution < 1.29 is 4.39 Å². The molecule has 0 bridgehead atoms. The van der Waals surface area contributed by atoms with Crippen molar-refractivity contribution in [3.05, 3.63) is 29.6 Å². The Morgan fingerprint density at radius 3 is 2.65 bits per heavy atom. The topological polar surface area (TPSA) is 15.3 Å². The zero-order chi connectivity index (χ0) is 14.7. The van der Waals surface area contributed by atoms with E-state index in [1.807, 2.05) is 6.07 Å². The van der Waals surface area contributed by atoms with Crippen molar-refractivity contribution in [2.24, 2.45) is 11.8 Å². The molecule has 1 aliphatic heterocycles. The first-order chi connectivity index (χ1) is 9.52. The Kier molecular flexibility index (Phi) is 5.03. The van der Waals surface area contributed by atoms with Gasteiger partial charge in [0, 0.05) is 19.1 Å². The van der Waals surface area contributed by atoms with Gasteiger partial charge in [-0.15, -0.1) is 0 Å². The highest BCUT2D eigenvalue weighted by molar-refractivity contribution is 5.50. The highest BCUT2D eigenvalue weighted by atomic mass is 19.1. The van der Waals surface area contributed by atoms with Crippen LogP contribution in [-0.4, -0.2) is 19.6 Å². The summed E-state index contributed by atoms with van der Waals surface area (Å²) >= 11 is 0. The van der Waals surface area contributed by atoms with Crippen molar-refractivity contribution in [2.75, 3.05) is 24.5 Å². The second kappa shape index (κ2) is 6.57. The summed E-state index contributed by atoms with van der Waals surface area (Å²) in [5.74, 6) is 1.28. The van der Waals surface area contributed by atoms with Crippen molar-refractivity contribution in [3.8, 4) is 0 Å². The fourth-order valence-electron chi connectivity index (χ4n) is 3.02. The zero-order valence-corrected chi connectivity index (χ0v) is 13.1. The van der Waals surface area contributed by atoms with Gasteiger partial charge in [-0.25, -0.2) is 4.39 Å². The third-order valence-corrected chi connectivity index (χ3v) is 4.49. The first-order valence-electron chi connectivity index (χ1n) is 7.80. The largest absolute Gasteiger partial charge is 0.369 e. The van der Waals surface area contributed by atoms with E-state index in [0.29, 0.717) is 11.8 Å². The van der Waals surface area contributed by atoms with Gasteiger partial charge in [0.2, 0.25) is 0 Å². The van der Waals surface area contributed by atoms with E-state index < -0.39 is 0 Å². The van der Waals surface area contributed by atoms with Crippen LogP contribution in [0.25, 0.3) is 0 Å². The predicted molar refractivity (Wildman–Crippen MR) is 83.6 cm³/mol. The predicted octanol–water partition coefficient (Wildman–Crippen LogP) is 3.98. The molecule has 0 aliphatic carbocycles. The van der Waals surface area contributed by atoms with Crippen molar-refractivity contribution in [1.29, 1.82) is 0 Å². The Bertz CT molecular complexity index is 445. The quantitative estimate of drug-likeness (QED) is 0.876. The molecule has 3 heteroatoms. The van der Waals surface area contributed by atoms with Crippen LogP contribution in [0.15, 0.2) is 18.2 Å². The molecule has 1 aliphatic rings. The van der Waals surface area contributed by atoms with Crippen LogP contribution in [0.4, 0.5) is 10.1 Å². The average Bonchev–Trinajstić information content (AvgIpc) is 2.88. The molecule has 0 amide bonds. The van der Waals surface area contributed by atoms with Crippen LogP contribution < -0.4 is 10.2 Å².